The number of nitrogens with two attached hydrogens (primary N) is 1. The van der Waals surface area contributed by atoms with Crippen LogP contribution in [-0.4, -0.2) is 47.7 Å². The fraction of sp³-hybridized carbons (Fsp3) is 0.237. The topological polar surface area (TPSA) is 160 Å². The maximum Gasteiger partial charge on any atom is 0.313 e. The minimum Gasteiger partial charge on any atom is -0.497 e. The standard InChI is InChI=1S/C38H40N4O6/c1-24(22-39)34(36(45)40-23-26-12-17-31(48-4)18-13-26)42-35(44)32(20-25-10-15-30(16-11-25)38(2,3)37(46)47)41-33(43)21-27-9-14-28-7-5-6-8-29(28)19-27/h5-19,22,32H,20-21,23,39H2,1-4H3,(H,40,45)(H,41,43)(H,46,47)/t32-/m1/s1. The van der Waals surface area contributed by atoms with Crippen LogP contribution in [0, 0.1) is 0 Å². The van der Waals surface area contributed by atoms with Gasteiger partial charge in [-0.25, -0.2) is 4.99 Å². The predicted octanol–water partition coefficient (Wildman–Crippen LogP) is 4.63. The van der Waals surface area contributed by atoms with Gasteiger partial charge < -0.3 is 26.2 Å². The SMILES string of the molecule is COc1ccc(CNC(=O)C(=NC(=O)[C@@H](Cc2ccc(C(C)(C)C(=O)O)cc2)NC(=O)Cc2ccc3ccccc3c2)C(C)=CN)cc1. The fourth-order valence-electron chi connectivity index (χ4n) is 4.99. The fourth-order valence-corrected chi connectivity index (χ4v) is 4.99. The lowest BCUT2D eigenvalue weighted by molar-refractivity contribution is -0.142. The van der Waals surface area contributed by atoms with Gasteiger partial charge in [0.05, 0.1) is 18.9 Å². The number of hydrogen-bond acceptors (Lipinski definition) is 6. The van der Waals surface area contributed by atoms with Crippen molar-refractivity contribution in [3.05, 3.63) is 125 Å². The molecule has 0 fully saturated rings. The number of methoxy groups -OCH3 is 1. The maximum atomic E-state index is 13.8. The van der Waals surface area contributed by atoms with Crippen LogP contribution in [0.3, 0.4) is 0 Å². The Kier molecular flexibility index (Phi) is 11.5. The molecular weight excluding hydrogens is 608 g/mol. The number of fused-ring (bicyclic) bond motifs is 1. The van der Waals surface area contributed by atoms with Gasteiger partial charge in [0.2, 0.25) is 5.91 Å². The van der Waals surface area contributed by atoms with Gasteiger partial charge in [-0.3, -0.25) is 19.2 Å². The van der Waals surface area contributed by atoms with E-state index < -0.39 is 35.1 Å². The molecule has 10 nitrogen and oxygen atoms in total. The summed E-state index contributed by atoms with van der Waals surface area (Å²) in [6.07, 6.45) is 1.25. The molecule has 0 aliphatic heterocycles. The van der Waals surface area contributed by atoms with E-state index in [1.54, 1.807) is 76.4 Å². The van der Waals surface area contributed by atoms with E-state index in [2.05, 4.69) is 15.6 Å². The van der Waals surface area contributed by atoms with Crippen molar-refractivity contribution in [3.8, 4) is 5.75 Å². The van der Waals surface area contributed by atoms with E-state index in [0.29, 0.717) is 16.9 Å². The lowest BCUT2D eigenvalue weighted by Crippen LogP contribution is -2.43. The van der Waals surface area contributed by atoms with E-state index >= 15 is 0 Å². The second-order valence-electron chi connectivity index (χ2n) is 12.0. The number of carbonyl (C=O) groups is 4. The van der Waals surface area contributed by atoms with Crippen LogP contribution in [0.2, 0.25) is 0 Å². The van der Waals surface area contributed by atoms with Crippen molar-refractivity contribution < 1.29 is 29.0 Å². The number of carboxylic acid groups (broad SMARTS) is 1. The second-order valence-corrected chi connectivity index (χ2v) is 12.0. The number of ether oxygens (including phenoxy) is 1. The average Bonchev–Trinajstić information content (AvgIpc) is 3.09. The lowest BCUT2D eigenvalue weighted by Gasteiger charge is -2.21. The first-order valence-corrected chi connectivity index (χ1v) is 15.4. The highest BCUT2D eigenvalue weighted by Gasteiger charge is 2.30. The molecule has 0 unspecified atom stereocenters. The molecule has 48 heavy (non-hydrogen) atoms. The van der Waals surface area contributed by atoms with Crippen molar-refractivity contribution in [3.63, 3.8) is 0 Å². The Hall–Kier alpha value is -5.77. The van der Waals surface area contributed by atoms with E-state index in [1.807, 2.05) is 42.5 Å². The number of aliphatic imine (C=N–C) groups is 1. The summed E-state index contributed by atoms with van der Waals surface area (Å²) >= 11 is 0. The van der Waals surface area contributed by atoms with Gasteiger partial charge in [-0.1, -0.05) is 78.9 Å². The Labute approximate surface area is 279 Å². The third kappa shape index (κ3) is 8.94. The third-order valence-electron chi connectivity index (χ3n) is 8.13. The molecule has 0 radical (unpaired) electrons. The molecule has 0 aliphatic carbocycles. The number of nitrogens with one attached hydrogen (secondary N) is 2. The van der Waals surface area contributed by atoms with Crippen LogP contribution in [0.15, 0.2) is 108 Å². The molecule has 0 bridgehead atoms. The molecule has 10 heteroatoms. The second kappa shape index (κ2) is 15.7. The van der Waals surface area contributed by atoms with Gasteiger partial charge in [-0.15, -0.1) is 0 Å². The zero-order valence-electron chi connectivity index (χ0n) is 27.4. The van der Waals surface area contributed by atoms with Crippen molar-refractivity contribution in [1.82, 2.24) is 10.6 Å². The number of carboxylic acids is 1. The molecule has 0 heterocycles. The molecule has 5 N–H and O–H groups in total. The van der Waals surface area contributed by atoms with Gasteiger partial charge in [-0.05, 0) is 77.7 Å². The molecule has 0 saturated carbocycles. The first-order chi connectivity index (χ1) is 22.9. The van der Waals surface area contributed by atoms with Crippen molar-refractivity contribution in [2.45, 2.75) is 51.6 Å². The number of amides is 3. The van der Waals surface area contributed by atoms with Gasteiger partial charge in [0, 0.05) is 13.0 Å². The molecule has 0 saturated heterocycles. The Balaban J connectivity index is 1.59. The quantitative estimate of drug-likeness (QED) is 0.154. The highest BCUT2D eigenvalue weighted by Crippen LogP contribution is 2.24. The van der Waals surface area contributed by atoms with Gasteiger partial charge in [-0.2, -0.15) is 0 Å². The van der Waals surface area contributed by atoms with Gasteiger partial charge in [0.25, 0.3) is 11.8 Å². The summed E-state index contributed by atoms with van der Waals surface area (Å²) in [5, 5.41) is 17.2. The summed E-state index contributed by atoms with van der Waals surface area (Å²) in [5.41, 5.74) is 7.54. The Morgan fingerprint density at radius 2 is 1.52 bits per heavy atom. The summed E-state index contributed by atoms with van der Waals surface area (Å²) in [4.78, 5) is 56.3. The number of rotatable bonds is 13. The normalized spacial score (nSPS) is 12.7. The number of benzene rings is 4. The Morgan fingerprint density at radius 3 is 2.15 bits per heavy atom. The van der Waals surface area contributed by atoms with Crippen molar-refractivity contribution in [2.24, 2.45) is 10.7 Å². The van der Waals surface area contributed by atoms with Gasteiger partial charge >= 0.3 is 5.97 Å². The maximum absolute atomic E-state index is 13.8. The van der Waals surface area contributed by atoms with Crippen LogP contribution in [0.1, 0.15) is 43.0 Å². The van der Waals surface area contributed by atoms with Crippen molar-refractivity contribution in [1.29, 1.82) is 0 Å². The van der Waals surface area contributed by atoms with Crippen molar-refractivity contribution >= 4 is 40.2 Å². The van der Waals surface area contributed by atoms with E-state index in [0.717, 1.165) is 21.9 Å². The van der Waals surface area contributed by atoms with E-state index in [9.17, 15) is 24.3 Å². The first kappa shape index (κ1) is 35.1. The van der Waals surface area contributed by atoms with Crippen LogP contribution in [-0.2, 0) is 44.0 Å². The zero-order valence-corrected chi connectivity index (χ0v) is 27.4. The minimum atomic E-state index is -1.13. The Morgan fingerprint density at radius 1 is 0.896 bits per heavy atom. The van der Waals surface area contributed by atoms with E-state index in [4.69, 9.17) is 10.5 Å². The largest absolute Gasteiger partial charge is 0.497 e. The number of carbonyl (C=O) groups excluding carboxylic acids is 3. The number of nitrogens with zero attached hydrogens (tertiary/aromatic N) is 1. The van der Waals surface area contributed by atoms with Crippen molar-refractivity contribution in [2.75, 3.05) is 7.11 Å². The summed E-state index contributed by atoms with van der Waals surface area (Å²) in [6, 6.07) is 26.3. The Bertz CT molecular complexity index is 1860. The highest BCUT2D eigenvalue weighted by molar-refractivity contribution is 6.46. The lowest BCUT2D eigenvalue weighted by atomic mass is 9.84. The van der Waals surface area contributed by atoms with Crippen LogP contribution < -0.4 is 21.1 Å². The van der Waals surface area contributed by atoms with Crippen LogP contribution >= 0.6 is 0 Å². The molecule has 0 spiro atoms. The molecule has 0 aromatic heterocycles. The molecule has 248 valence electrons. The monoisotopic (exact) mass is 648 g/mol. The average molecular weight is 649 g/mol. The molecule has 4 rings (SSSR count). The predicted molar refractivity (Wildman–Crippen MR) is 186 cm³/mol. The zero-order chi connectivity index (χ0) is 34.8. The van der Waals surface area contributed by atoms with Crippen LogP contribution in [0.25, 0.3) is 10.8 Å². The third-order valence-corrected chi connectivity index (χ3v) is 8.13. The van der Waals surface area contributed by atoms with Gasteiger partial charge in [0.15, 0.2) is 0 Å². The molecule has 1 atom stereocenters. The molecular formula is C38H40N4O6. The molecule has 4 aromatic carbocycles. The summed E-state index contributed by atoms with van der Waals surface area (Å²) in [6.45, 7) is 4.94. The summed E-state index contributed by atoms with van der Waals surface area (Å²) in [7, 11) is 1.56. The number of aliphatic carboxylic acids is 1. The molecule has 3 amide bonds. The van der Waals surface area contributed by atoms with Gasteiger partial charge in [0.1, 0.15) is 17.5 Å². The summed E-state index contributed by atoms with van der Waals surface area (Å²) in [5.74, 6) is -2.06. The molecule has 4 aromatic rings. The first-order valence-electron chi connectivity index (χ1n) is 15.4. The van der Waals surface area contributed by atoms with Crippen LogP contribution in [0.5, 0.6) is 5.75 Å². The summed E-state index contributed by atoms with van der Waals surface area (Å²) < 4.78 is 5.18. The molecule has 0 aliphatic rings. The highest BCUT2D eigenvalue weighted by atomic mass is 16.5. The number of hydrogen-bond donors (Lipinski definition) is 4. The smallest absolute Gasteiger partial charge is 0.313 e. The minimum absolute atomic E-state index is 0.0149. The van der Waals surface area contributed by atoms with E-state index in [1.165, 1.54) is 6.20 Å². The van der Waals surface area contributed by atoms with E-state index in [-0.39, 0.29) is 30.7 Å². The van der Waals surface area contributed by atoms with Crippen LogP contribution in [0.4, 0.5) is 0 Å².